The molecule has 0 unspecified atom stereocenters. The van der Waals surface area contributed by atoms with Crippen molar-refractivity contribution in [2.75, 3.05) is 0 Å². The fourth-order valence-corrected chi connectivity index (χ4v) is 0. The molecule has 0 aromatic rings. The van der Waals surface area contributed by atoms with E-state index in [-0.39, 0.29) is 47.4 Å². The van der Waals surface area contributed by atoms with Gasteiger partial charge in [-0.1, -0.05) is 19.6 Å². The summed E-state index contributed by atoms with van der Waals surface area (Å²) in [5, 5.41) is 0. The van der Waals surface area contributed by atoms with Crippen LogP contribution >= 0.6 is 0 Å². The van der Waals surface area contributed by atoms with E-state index in [9.17, 15) is 0 Å². The van der Waals surface area contributed by atoms with Crippen molar-refractivity contribution in [3.05, 3.63) is 6.92 Å². The molecular formula is C5H14SiTb-. The Balaban J connectivity index is -0.0000000480. The molecule has 0 aliphatic carbocycles. The van der Waals surface area contributed by atoms with Gasteiger partial charge in [-0.15, -0.1) is 0 Å². The van der Waals surface area contributed by atoms with Crippen LogP contribution in [0.5, 0.6) is 0 Å². The average molecular weight is 261 g/mol. The number of hydrogen-bond acceptors (Lipinski definition) is 0. The van der Waals surface area contributed by atoms with Crippen molar-refractivity contribution in [1.82, 2.24) is 0 Å². The minimum Gasteiger partial charge on any atom is -0.346 e. The first-order valence-corrected chi connectivity index (χ1v) is 5.21. The Morgan fingerprint density at radius 1 is 1.00 bits per heavy atom. The third-order valence-electron chi connectivity index (χ3n) is 0. The molecule has 0 nitrogen and oxygen atoms in total. The van der Waals surface area contributed by atoms with E-state index < -0.39 is 0 Å². The normalized spacial score (nSPS) is 6.00. The van der Waals surface area contributed by atoms with Crippen LogP contribution in [0.3, 0.4) is 0 Å². The Hall–Kier alpha value is 1.50. The predicted octanol–water partition coefficient (Wildman–Crippen LogP) is 2.21. The maximum absolute atomic E-state index is 3.25. The van der Waals surface area contributed by atoms with Gasteiger partial charge in [0.05, 0.1) is 0 Å². The number of rotatable bonds is 0. The van der Waals surface area contributed by atoms with Crippen LogP contribution < -0.4 is 0 Å². The molecular weight excluding hydrogens is 247 g/mol. The molecule has 2 heteroatoms. The zero-order chi connectivity index (χ0) is 5.58. The maximum Gasteiger partial charge on any atom is 0.0379 e. The molecule has 0 amide bonds. The first kappa shape index (κ1) is 15.8. The van der Waals surface area contributed by atoms with Crippen LogP contribution in [0.2, 0.25) is 19.6 Å². The summed E-state index contributed by atoms with van der Waals surface area (Å²) in [6.45, 7) is 11.8. The molecule has 0 heterocycles. The molecule has 0 saturated carbocycles. The average Bonchev–Trinajstić information content (AvgIpc) is 1.41. The molecule has 0 aromatic heterocycles. The van der Waals surface area contributed by atoms with E-state index >= 15 is 0 Å². The quantitative estimate of drug-likeness (QED) is 0.463. The molecule has 0 N–H and O–H groups in total. The predicted molar refractivity (Wildman–Crippen MR) is 34.4 cm³/mol. The van der Waals surface area contributed by atoms with E-state index in [1.807, 2.05) is 0 Å². The molecule has 0 fully saturated rings. The molecule has 0 aliphatic rings. The van der Waals surface area contributed by atoms with Gasteiger partial charge < -0.3 is 6.92 Å². The summed E-state index contributed by atoms with van der Waals surface area (Å²) in [5.41, 5.74) is 0. The van der Waals surface area contributed by atoms with Crippen LogP contribution in [0.15, 0.2) is 0 Å². The van der Waals surface area contributed by atoms with Gasteiger partial charge in [0.2, 0.25) is 0 Å². The smallest absolute Gasteiger partial charge is 0.0379 e. The van der Waals surface area contributed by atoms with Gasteiger partial charge in [-0.3, -0.25) is 0 Å². The third kappa shape index (κ3) is 101. The van der Waals surface area contributed by atoms with Gasteiger partial charge in [0, 0.05) is 47.4 Å². The SMILES string of the molecule is C[Si](C)C.[CH2-]C.[Tb]. The summed E-state index contributed by atoms with van der Waals surface area (Å²) in [6, 6.07) is 0. The van der Waals surface area contributed by atoms with Crippen LogP contribution in [0.4, 0.5) is 0 Å². The maximum atomic E-state index is 3.25. The van der Waals surface area contributed by atoms with E-state index in [2.05, 4.69) is 26.6 Å². The van der Waals surface area contributed by atoms with Crippen molar-refractivity contribution < 1.29 is 38.6 Å². The summed E-state index contributed by atoms with van der Waals surface area (Å²) >= 11 is 0. The van der Waals surface area contributed by atoms with E-state index in [1.54, 1.807) is 6.92 Å². The first-order chi connectivity index (χ1) is 2.73. The summed E-state index contributed by atoms with van der Waals surface area (Å²) < 4.78 is 0. The molecule has 7 heavy (non-hydrogen) atoms. The molecule has 0 atom stereocenters. The molecule has 0 aliphatic heterocycles. The van der Waals surface area contributed by atoms with Gasteiger partial charge in [-0.25, -0.2) is 0 Å². The van der Waals surface area contributed by atoms with Crippen molar-refractivity contribution in [2.24, 2.45) is 0 Å². The standard InChI is InChI=1S/C3H9Si.C2H5.Tb/c1-4(2)3;1-2;/h1-3H3;1H2,2H3;/q;-1;. The molecule has 0 spiro atoms. The van der Waals surface area contributed by atoms with E-state index in [1.165, 1.54) is 0 Å². The second-order valence-electron chi connectivity index (χ2n) is 1.50. The fraction of sp³-hybridized carbons (Fsp3) is 0.800. The van der Waals surface area contributed by atoms with Crippen molar-refractivity contribution in [2.45, 2.75) is 26.6 Å². The van der Waals surface area contributed by atoms with Gasteiger partial charge in [0.25, 0.3) is 0 Å². The minimum absolute atomic E-state index is 0. The van der Waals surface area contributed by atoms with E-state index in [0.717, 1.165) is 0 Å². The van der Waals surface area contributed by atoms with Crippen LogP contribution in [0.25, 0.3) is 0 Å². The van der Waals surface area contributed by atoms with Gasteiger partial charge in [0.15, 0.2) is 0 Å². The molecule has 0 saturated heterocycles. The molecule has 0 bridgehead atoms. The Kier molecular flexibility index (Phi) is 35.3. The van der Waals surface area contributed by atoms with Crippen molar-refractivity contribution in [3.63, 3.8) is 0 Å². The molecule has 48 valence electrons. The van der Waals surface area contributed by atoms with Crippen molar-refractivity contribution in [3.8, 4) is 0 Å². The monoisotopic (exact) mass is 261 g/mol. The van der Waals surface area contributed by atoms with E-state index in [0.29, 0.717) is 0 Å². The molecule has 0 rings (SSSR count). The number of hydrogen-bond donors (Lipinski definition) is 0. The second kappa shape index (κ2) is 15.6. The van der Waals surface area contributed by atoms with Crippen molar-refractivity contribution >= 4 is 8.80 Å². The van der Waals surface area contributed by atoms with Crippen LogP contribution in [-0.2, 0) is 0 Å². The summed E-state index contributed by atoms with van der Waals surface area (Å²) in [5.74, 6) is 0. The largest absolute Gasteiger partial charge is 0.346 e. The van der Waals surface area contributed by atoms with Gasteiger partial charge in [0.1, 0.15) is 0 Å². The third-order valence-corrected chi connectivity index (χ3v) is 0. The zero-order valence-corrected chi connectivity index (χ0v) is 8.68. The minimum atomic E-state index is 0. The Labute approximate surface area is 80.1 Å². The summed E-state index contributed by atoms with van der Waals surface area (Å²) in [7, 11) is 0.120. The van der Waals surface area contributed by atoms with Crippen molar-refractivity contribution in [1.29, 1.82) is 0 Å². The van der Waals surface area contributed by atoms with Crippen LogP contribution in [-0.4, -0.2) is 8.80 Å². The summed E-state index contributed by atoms with van der Waals surface area (Å²) in [6.07, 6.45) is 0. The first-order valence-electron chi connectivity index (χ1n) is 2.21. The molecule has 0 aromatic carbocycles. The summed E-state index contributed by atoms with van der Waals surface area (Å²) in [4.78, 5) is 0. The van der Waals surface area contributed by atoms with Gasteiger partial charge in [-0.2, -0.15) is 6.92 Å². The zero-order valence-electron chi connectivity index (χ0n) is 5.54. The Morgan fingerprint density at radius 2 is 1.00 bits per heavy atom. The fourth-order valence-electron chi connectivity index (χ4n) is 0. The van der Waals surface area contributed by atoms with Crippen LogP contribution in [0.1, 0.15) is 6.92 Å². The topological polar surface area (TPSA) is 0 Å². The van der Waals surface area contributed by atoms with Crippen LogP contribution in [0, 0.1) is 45.5 Å². The van der Waals surface area contributed by atoms with Gasteiger partial charge >= 0.3 is 0 Å². The molecule has 2 radical (unpaired) electrons. The Bertz CT molecular complexity index is 12.8. The second-order valence-corrected chi connectivity index (χ2v) is 4.50. The van der Waals surface area contributed by atoms with Gasteiger partial charge in [-0.05, 0) is 0 Å². The van der Waals surface area contributed by atoms with E-state index in [4.69, 9.17) is 0 Å². The Morgan fingerprint density at radius 3 is 1.00 bits per heavy atom.